The number of rotatable bonds is 9. The van der Waals surface area contributed by atoms with Gasteiger partial charge in [-0.25, -0.2) is 0 Å². The van der Waals surface area contributed by atoms with Gasteiger partial charge in [0.1, 0.15) is 0 Å². The second-order valence-electron chi connectivity index (χ2n) is 4.09. The van der Waals surface area contributed by atoms with Gasteiger partial charge >= 0.3 is 0 Å². The van der Waals surface area contributed by atoms with Crippen LogP contribution in [0.5, 0.6) is 0 Å². The third-order valence-corrected chi connectivity index (χ3v) is 2.71. The van der Waals surface area contributed by atoms with Crippen LogP contribution >= 0.6 is 0 Å². The summed E-state index contributed by atoms with van der Waals surface area (Å²) in [6.07, 6.45) is 9.14. The molecule has 0 saturated heterocycles. The summed E-state index contributed by atoms with van der Waals surface area (Å²) in [4.78, 5) is 11.1. The Hall–Kier alpha value is -0.530. The third-order valence-electron chi connectivity index (χ3n) is 2.71. The maximum Gasteiger partial charge on any atom is 0.220 e. The third kappa shape index (κ3) is 6.93. The second-order valence-corrected chi connectivity index (χ2v) is 4.09. The Bertz CT molecular complexity index is 135. The van der Waals surface area contributed by atoms with Crippen molar-refractivity contribution in [3.05, 3.63) is 0 Å². The minimum absolute atomic E-state index is 0.0998. The average Bonchev–Trinajstić information content (AvgIpc) is 2.15. The van der Waals surface area contributed by atoms with Crippen molar-refractivity contribution in [1.82, 2.24) is 0 Å². The van der Waals surface area contributed by atoms with E-state index in [0.717, 1.165) is 25.7 Å². The molecule has 0 aromatic heterocycles. The van der Waals surface area contributed by atoms with Crippen LogP contribution in [0.4, 0.5) is 0 Å². The molecule has 1 amide bonds. The molecule has 0 aromatic carbocycles. The van der Waals surface area contributed by atoms with Crippen LogP contribution in [-0.4, -0.2) is 5.91 Å². The number of carbonyl (C=O) groups excluding carboxylic acids is 1. The van der Waals surface area contributed by atoms with Gasteiger partial charge in [-0.05, 0) is 12.8 Å². The molecule has 0 spiro atoms. The number of carbonyl (C=O) groups is 1. The van der Waals surface area contributed by atoms with Crippen LogP contribution in [0.25, 0.3) is 0 Å². The highest BCUT2D eigenvalue weighted by molar-refractivity contribution is 5.76. The van der Waals surface area contributed by atoms with E-state index >= 15 is 0 Å². The predicted molar refractivity (Wildman–Crippen MR) is 61.0 cm³/mol. The molecule has 0 rings (SSSR count). The van der Waals surface area contributed by atoms with Crippen molar-refractivity contribution in [2.75, 3.05) is 0 Å². The smallest absolute Gasteiger partial charge is 0.220 e. The van der Waals surface area contributed by atoms with Crippen molar-refractivity contribution in [1.29, 1.82) is 0 Å². The van der Waals surface area contributed by atoms with Crippen LogP contribution in [-0.2, 0) is 4.79 Å². The SMILES string of the molecule is CCCCCC(CCCCC)C(N)=O. The molecule has 2 N–H and O–H groups in total. The molecule has 0 aromatic rings. The monoisotopic (exact) mass is 199 g/mol. The van der Waals surface area contributed by atoms with Crippen LogP contribution in [0.3, 0.4) is 0 Å². The van der Waals surface area contributed by atoms with Gasteiger partial charge in [0, 0.05) is 5.92 Å². The van der Waals surface area contributed by atoms with Gasteiger partial charge in [0.05, 0.1) is 0 Å². The second kappa shape index (κ2) is 9.04. The maximum absolute atomic E-state index is 11.1. The molecule has 0 bridgehead atoms. The van der Waals surface area contributed by atoms with Crippen molar-refractivity contribution in [3.8, 4) is 0 Å². The van der Waals surface area contributed by atoms with E-state index in [1.165, 1.54) is 25.7 Å². The molecule has 0 unspecified atom stereocenters. The number of hydrogen-bond acceptors (Lipinski definition) is 1. The van der Waals surface area contributed by atoms with Crippen LogP contribution < -0.4 is 5.73 Å². The molecule has 0 aliphatic heterocycles. The predicted octanol–water partition coefficient (Wildman–Crippen LogP) is 3.25. The van der Waals surface area contributed by atoms with Gasteiger partial charge in [0.2, 0.25) is 5.91 Å². The lowest BCUT2D eigenvalue weighted by molar-refractivity contribution is -0.122. The fourth-order valence-electron chi connectivity index (χ4n) is 1.71. The van der Waals surface area contributed by atoms with Gasteiger partial charge in [-0.2, -0.15) is 0 Å². The number of nitrogens with two attached hydrogens (primary N) is 1. The molecular formula is C12H25NO. The molecule has 0 aliphatic rings. The lowest BCUT2D eigenvalue weighted by atomic mass is 9.94. The van der Waals surface area contributed by atoms with E-state index in [2.05, 4.69) is 13.8 Å². The molecule has 0 heterocycles. The minimum atomic E-state index is -0.0998. The van der Waals surface area contributed by atoms with Crippen molar-refractivity contribution in [3.63, 3.8) is 0 Å². The molecular weight excluding hydrogens is 174 g/mol. The first kappa shape index (κ1) is 13.5. The quantitative estimate of drug-likeness (QED) is 0.569. The van der Waals surface area contributed by atoms with Gasteiger partial charge in [0.15, 0.2) is 0 Å². The summed E-state index contributed by atoms with van der Waals surface area (Å²) in [7, 11) is 0. The normalized spacial score (nSPS) is 10.8. The zero-order chi connectivity index (χ0) is 10.8. The molecule has 0 fully saturated rings. The zero-order valence-electron chi connectivity index (χ0n) is 9.72. The van der Waals surface area contributed by atoms with Gasteiger partial charge in [-0.1, -0.05) is 52.4 Å². The van der Waals surface area contributed by atoms with Crippen LogP contribution in [0.15, 0.2) is 0 Å². The number of amides is 1. The highest BCUT2D eigenvalue weighted by atomic mass is 16.1. The van der Waals surface area contributed by atoms with Gasteiger partial charge in [0.25, 0.3) is 0 Å². The Labute approximate surface area is 88.3 Å². The Morgan fingerprint density at radius 2 is 1.43 bits per heavy atom. The van der Waals surface area contributed by atoms with Gasteiger partial charge in [-0.3, -0.25) is 4.79 Å². The summed E-state index contributed by atoms with van der Waals surface area (Å²) in [5.41, 5.74) is 5.36. The average molecular weight is 199 g/mol. The first-order valence-corrected chi connectivity index (χ1v) is 6.01. The van der Waals surface area contributed by atoms with Crippen molar-refractivity contribution in [2.45, 2.75) is 65.2 Å². The number of hydrogen-bond donors (Lipinski definition) is 1. The molecule has 84 valence electrons. The lowest BCUT2D eigenvalue weighted by Gasteiger charge is -2.12. The van der Waals surface area contributed by atoms with E-state index in [-0.39, 0.29) is 11.8 Å². The van der Waals surface area contributed by atoms with Crippen molar-refractivity contribution in [2.24, 2.45) is 11.7 Å². The highest BCUT2D eigenvalue weighted by Gasteiger charge is 2.13. The van der Waals surface area contributed by atoms with Crippen LogP contribution in [0.1, 0.15) is 65.2 Å². The van der Waals surface area contributed by atoms with E-state index in [0.29, 0.717) is 0 Å². The molecule has 0 aliphatic carbocycles. The Kier molecular flexibility index (Phi) is 8.70. The molecule has 0 saturated carbocycles. The molecule has 0 atom stereocenters. The Balaban J connectivity index is 3.61. The summed E-state index contributed by atoms with van der Waals surface area (Å²) < 4.78 is 0. The summed E-state index contributed by atoms with van der Waals surface area (Å²) >= 11 is 0. The van der Waals surface area contributed by atoms with Crippen LogP contribution in [0, 0.1) is 5.92 Å². The first-order chi connectivity index (χ1) is 6.72. The van der Waals surface area contributed by atoms with E-state index in [1.807, 2.05) is 0 Å². The summed E-state index contributed by atoms with van der Waals surface area (Å²) in [5.74, 6) is 0.0327. The van der Waals surface area contributed by atoms with Crippen molar-refractivity contribution >= 4 is 5.91 Å². The number of unbranched alkanes of at least 4 members (excludes halogenated alkanes) is 4. The lowest BCUT2D eigenvalue weighted by Crippen LogP contribution is -2.23. The first-order valence-electron chi connectivity index (χ1n) is 6.01. The summed E-state index contributed by atoms with van der Waals surface area (Å²) in [6, 6.07) is 0. The highest BCUT2D eigenvalue weighted by Crippen LogP contribution is 2.16. The van der Waals surface area contributed by atoms with E-state index < -0.39 is 0 Å². The van der Waals surface area contributed by atoms with Gasteiger partial charge < -0.3 is 5.73 Å². The van der Waals surface area contributed by atoms with Crippen LogP contribution in [0.2, 0.25) is 0 Å². The van der Waals surface area contributed by atoms with E-state index in [4.69, 9.17) is 5.73 Å². The maximum atomic E-state index is 11.1. The standard InChI is InChI=1S/C12H25NO/c1-3-5-7-9-11(12(13)14)10-8-6-4-2/h11H,3-10H2,1-2H3,(H2,13,14). The molecule has 2 heteroatoms. The largest absolute Gasteiger partial charge is 0.369 e. The van der Waals surface area contributed by atoms with E-state index in [9.17, 15) is 4.79 Å². The Morgan fingerprint density at radius 1 is 1.00 bits per heavy atom. The fourth-order valence-corrected chi connectivity index (χ4v) is 1.71. The zero-order valence-corrected chi connectivity index (χ0v) is 9.72. The van der Waals surface area contributed by atoms with Crippen molar-refractivity contribution < 1.29 is 4.79 Å². The fraction of sp³-hybridized carbons (Fsp3) is 0.917. The number of primary amides is 1. The Morgan fingerprint density at radius 3 is 1.71 bits per heavy atom. The van der Waals surface area contributed by atoms with Gasteiger partial charge in [-0.15, -0.1) is 0 Å². The minimum Gasteiger partial charge on any atom is -0.369 e. The summed E-state index contributed by atoms with van der Waals surface area (Å²) in [6.45, 7) is 4.35. The molecule has 2 nitrogen and oxygen atoms in total. The summed E-state index contributed by atoms with van der Waals surface area (Å²) in [5, 5.41) is 0. The molecule has 14 heavy (non-hydrogen) atoms. The molecule has 0 radical (unpaired) electrons. The van der Waals surface area contributed by atoms with E-state index in [1.54, 1.807) is 0 Å². The topological polar surface area (TPSA) is 43.1 Å².